The van der Waals surface area contributed by atoms with E-state index in [0.717, 1.165) is 24.7 Å². The number of carbonyl (C=O) groups excluding carboxylic acids is 1. The molecule has 0 aliphatic carbocycles. The molecule has 150 valence electrons. The summed E-state index contributed by atoms with van der Waals surface area (Å²) in [5.74, 6) is 3.35. The van der Waals surface area contributed by atoms with Crippen LogP contribution in [0.2, 0.25) is 0 Å². The maximum absolute atomic E-state index is 12.4. The second-order valence-electron chi connectivity index (χ2n) is 7.47. The summed E-state index contributed by atoms with van der Waals surface area (Å²) in [5, 5.41) is 0. The third-order valence-corrected chi connectivity index (χ3v) is 4.76. The van der Waals surface area contributed by atoms with E-state index in [9.17, 15) is 4.79 Å². The molecule has 1 saturated heterocycles. The van der Waals surface area contributed by atoms with Gasteiger partial charge in [-0.3, -0.25) is 4.79 Å². The van der Waals surface area contributed by atoms with Crippen molar-refractivity contribution in [1.82, 2.24) is 14.9 Å². The van der Waals surface area contributed by atoms with Gasteiger partial charge in [0.2, 0.25) is 11.8 Å². The average molecular weight is 384 g/mol. The van der Waals surface area contributed by atoms with Crippen molar-refractivity contribution in [2.45, 2.75) is 33.2 Å². The van der Waals surface area contributed by atoms with Gasteiger partial charge >= 0.3 is 0 Å². The number of benzene rings is 1. The molecule has 28 heavy (non-hydrogen) atoms. The molecule has 2 aromatic rings. The quantitative estimate of drug-likeness (QED) is 0.761. The number of hydrogen-bond acceptors (Lipinski definition) is 6. The lowest BCUT2D eigenvalue weighted by Crippen LogP contribution is -2.54. The molecule has 1 unspecified atom stereocenters. The molecule has 0 spiro atoms. The second kappa shape index (κ2) is 8.91. The van der Waals surface area contributed by atoms with Gasteiger partial charge in [-0.05, 0) is 37.1 Å². The maximum Gasteiger partial charge on any atom is 0.224 e. The molecule has 1 aromatic carbocycles. The number of carbonyl (C=O) groups is 1. The van der Waals surface area contributed by atoms with Crippen molar-refractivity contribution in [2.24, 2.45) is 5.92 Å². The van der Waals surface area contributed by atoms with Gasteiger partial charge in [-0.25, -0.2) is 9.97 Å². The fourth-order valence-corrected chi connectivity index (χ4v) is 3.33. The minimum Gasteiger partial charge on any atom is -0.497 e. The smallest absolute Gasteiger partial charge is 0.224 e. The summed E-state index contributed by atoms with van der Waals surface area (Å²) in [6.07, 6.45) is 2.10. The van der Waals surface area contributed by atoms with E-state index in [1.807, 2.05) is 35.2 Å². The van der Waals surface area contributed by atoms with Gasteiger partial charge in [0.1, 0.15) is 23.6 Å². The Labute approximate surface area is 166 Å². The van der Waals surface area contributed by atoms with Crippen LogP contribution in [0.1, 0.15) is 27.2 Å². The molecule has 7 nitrogen and oxygen atoms in total. The van der Waals surface area contributed by atoms with Crippen molar-refractivity contribution >= 4 is 11.7 Å². The molecule has 0 bridgehead atoms. The van der Waals surface area contributed by atoms with E-state index in [4.69, 9.17) is 9.47 Å². The van der Waals surface area contributed by atoms with Crippen LogP contribution < -0.4 is 14.4 Å². The van der Waals surface area contributed by atoms with Gasteiger partial charge in [-0.1, -0.05) is 13.8 Å². The third kappa shape index (κ3) is 4.91. The summed E-state index contributed by atoms with van der Waals surface area (Å²) >= 11 is 0. The Hall–Kier alpha value is -2.83. The standard InChI is InChI=1S/C21H28N4O3/c1-15(2)11-21(26)25-10-9-24(13-16(25)3)19-12-20(23-14-22-19)28-18-7-5-17(27-4)6-8-18/h5-8,12,14-16H,9-11,13H2,1-4H3. The molecular formula is C21H28N4O3. The fraction of sp³-hybridized carbons (Fsp3) is 0.476. The first-order valence-corrected chi connectivity index (χ1v) is 9.64. The Morgan fingerprint density at radius 1 is 1.18 bits per heavy atom. The van der Waals surface area contributed by atoms with Gasteiger partial charge in [0.25, 0.3) is 0 Å². The lowest BCUT2D eigenvalue weighted by molar-refractivity contribution is -0.134. The van der Waals surface area contributed by atoms with Crippen molar-refractivity contribution in [3.8, 4) is 17.4 Å². The molecule has 3 rings (SSSR count). The molecule has 0 N–H and O–H groups in total. The van der Waals surface area contributed by atoms with E-state index in [-0.39, 0.29) is 11.9 Å². The van der Waals surface area contributed by atoms with Crippen molar-refractivity contribution in [3.63, 3.8) is 0 Å². The molecule has 1 aromatic heterocycles. The van der Waals surface area contributed by atoms with Gasteiger partial charge < -0.3 is 19.3 Å². The summed E-state index contributed by atoms with van der Waals surface area (Å²) in [5.41, 5.74) is 0. The van der Waals surface area contributed by atoms with Gasteiger partial charge in [0.05, 0.1) is 7.11 Å². The Morgan fingerprint density at radius 2 is 1.89 bits per heavy atom. The van der Waals surface area contributed by atoms with Crippen LogP contribution in [0.25, 0.3) is 0 Å². The van der Waals surface area contributed by atoms with Gasteiger partial charge in [-0.15, -0.1) is 0 Å². The SMILES string of the molecule is COc1ccc(Oc2cc(N3CCN(C(=O)CC(C)C)C(C)C3)ncn2)cc1. The number of rotatable bonds is 6. The molecule has 2 heterocycles. The zero-order valence-corrected chi connectivity index (χ0v) is 17.0. The molecule has 1 amide bonds. The summed E-state index contributed by atoms with van der Waals surface area (Å²) < 4.78 is 11.0. The first kappa shape index (κ1) is 19.9. The minimum atomic E-state index is 0.140. The molecule has 7 heteroatoms. The normalized spacial score (nSPS) is 17.0. The molecular weight excluding hydrogens is 356 g/mol. The Morgan fingerprint density at radius 3 is 2.54 bits per heavy atom. The molecule has 1 atom stereocenters. The highest BCUT2D eigenvalue weighted by Gasteiger charge is 2.28. The van der Waals surface area contributed by atoms with Crippen LogP contribution in [0.5, 0.6) is 17.4 Å². The number of hydrogen-bond donors (Lipinski definition) is 0. The topological polar surface area (TPSA) is 67.8 Å². The van der Waals surface area contributed by atoms with Crippen molar-refractivity contribution in [3.05, 3.63) is 36.7 Å². The predicted octanol–water partition coefficient (Wildman–Crippen LogP) is 3.36. The highest BCUT2D eigenvalue weighted by atomic mass is 16.5. The van der Waals surface area contributed by atoms with E-state index in [0.29, 0.717) is 30.5 Å². The lowest BCUT2D eigenvalue weighted by Gasteiger charge is -2.40. The van der Waals surface area contributed by atoms with E-state index >= 15 is 0 Å². The first-order chi connectivity index (χ1) is 13.5. The number of anilines is 1. The minimum absolute atomic E-state index is 0.140. The number of ether oxygens (including phenoxy) is 2. The van der Waals surface area contributed by atoms with E-state index in [2.05, 4.69) is 35.6 Å². The maximum atomic E-state index is 12.4. The number of amides is 1. The van der Waals surface area contributed by atoms with Crippen LogP contribution in [-0.2, 0) is 4.79 Å². The lowest BCUT2D eigenvalue weighted by atomic mass is 10.1. The van der Waals surface area contributed by atoms with E-state index in [1.165, 1.54) is 6.33 Å². The zero-order valence-electron chi connectivity index (χ0n) is 17.0. The van der Waals surface area contributed by atoms with Crippen molar-refractivity contribution in [1.29, 1.82) is 0 Å². The van der Waals surface area contributed by atoms with Gasteiger partial charge in [-0.2, -0.15) is 0 Å². The van der Waals surface area contributed by atoms with Crippen LogP contribution in [-0.4, -0.2) is 53.6 Å². The number of aromatic nitrogens is 2. The third-order valence-electron chi connectivity index (χ3n) is 4.76. The van der Waals surface area contributed by atoms with Crippen molar-refractivity contribution < 1.29 is 14.3 Å². The van der Waals surface area contributed by atoms with Crippen LogP contribution in [0.3, 0.4) is 0 Å². The first-order valence-electron chi connectivity index (χ1n) is 9.64. The molecule has 1 aliphatic rings. The summed E-state index contributed by atoms with van der Waals surface area (Å²) in [4.78, 5) is 25.2. The highest BCUT2D eigenvalue weighted by Crippen LogP contribution is 2.25. The summed E-state index contributed by atoms with van der Waals surface area (Å²) in [7, 11) is 1.63. The van der Waals surface area contributed by atoms with Crippen molar-refractivity contribution in [2.75, 3.05) is 31.6 Å². The predicted molar refractivity (Wildman–Crippen MR) is 108 cm³/mol. The average Bonchev–Trinajstić information content (AvgIpc) is 2.68. The summed E-state index contributed by atoms with van der Waals surface area (Å²) in [6.45, 7) is 8.41. The number of methoxy groups -OCH3 is 1. The highest BCUT2D eigenvalue weighted by molar-refractivity contribution is 5.77. The van der Waals surface area contributed by atoms with E-state index < -0.39 is 0 Å². The molecule has 1 aliphatic heterocycles. The zero-order chi connectivity index (χ0) is 20.1. The molecule has 0 saturated carbocycles. The van der Waals surface area contributed by atoms with Crippen LogP contribution >= 0.6 is 0 Å². The summed E-state index contributed by atoms with van der Waals surface area (Å²) in [6, 6.07) is 9.33. The molecule has 0 radical (unpaired) electrons. The van der Waals surface area contributed by atoms with E-state index in [1.54, 1.807) is 7.11 Å². The van der Waals surface area contributed by atoms with Crippen LogP contribution in [0.4, 0.5) is 5.82 Å². The molecule has 1 fully saturated rings. The van der Waals surface area contributed by atoms with Gasteiger partial charge in [0.15, 0.2) is 0 Å². The second-order valence-corrected chi connectivity index (χ2v) is 7.47. The Bertz CT molecular complexity index is 794. The van der Waals surface area contributed by atoms with Crippen LogP contribution in [0, 0.1) is 5.92 Å². The Balaban J connectivity index is 1.64. The monoisotopic (exact) mass is 384 g/mol. The Kier molecular flexibility index (Phi) is 6.34. The largest absolute Gasteiger partial charge is 0.497 e. The van der Waals surface area contributed by atoms with Gasteiger partial charge in [0, 0.05) is 38.2 Å². The number of nitrogens with zero attached hydrogens (tertiary/aromatic N) is 4. The van der Waals surface area contributed by atoms with Crippen LogP contribution in [0.15, 0.2) is 36.7 Å². The fourth-order valence-electron chi connectivity index (χ4n) is 3.33. The number of piperazine rings is 1.